The van der Waals surface area contributed by atoms with Crippen molar-refractivity contribution in [2.24, 2.45) is 0 Å². The number of nitrogens with zero attached hydrogens (tertiary/aromatic N) is 3. The second kappa shape index (κ2) is 13.7. The van der Waals surface area contributed by atoms with Crippen molar-refractivity contribution in [1.82, 2.24) is 9.88 Å². The van der Waals surface area contributed by atoms with Gasteiger partial charge in [0.15, 0.2) is 0 Å². The lowest BCUT2D eigenvalue weighted by Crippen LogP contribution is -2.50. The van der Waals surface area contributed by atoms with Crippen LogP contribution in [0.25, 0.3) is 0 Å². The highest BCUT2D eigenvalue weighted by molar-refractivity contribution is 6.36. The maximum absolute atomic E-state index is 13.0. The molecule has 230 valence electrons. The Bertz CT molecular complexity index is 1460. The van der Waals surface area contributed by atoms with Crippen molar-refractivity contribution in [3.05, 3.63) is 75.0 Å². The third-order valence-electron chi connectivity index (χ3n) is 6.90. The fourth-order valence-electron chi connectivity index (χ4n) is 4.87. The van der Waals surface area contributed by atoms with Gasteiger partial charge in [-0.3, -0.25) is 4.98 Å². The summed E-state index contributed by atoms with van der Waals surface area (Å²) in [6.45, 7) is 11.8. The van der Waals surface area contributed by atoms with Gasteiger partial charge in [0.25, 0.3) is 0 Å². The van der Waals surface area contributed by atoms with Gasteiger partial charge in [-0.1, -0.05) is 29.3 Å². The number of anilines is 3. The maximum Gasteiger partial charge on any atom is 0.410 e. The number of methoxy groups -OCH3 is 1. The van der Waals surface area contributed by atoms with Crippen LogP contribution in [0.15, 0.2) is 42.5 Å². The first-order valence-corrected chi connectivity index (χ1v) is 14.9. The van der Waals surface area contributed by atoms with Crippen LogP contribution in [0.2, 0.25) is 10.0 Å². The Hall–Kier alpha value is -3.69. The van der Waals surface area contributed by atoms with Crippen LogP contribution in [0, 0.1) is 6.92 Å². The van der Waals surface area contributed by atoms with Crippen molar-refractivity contribution in [3.63, 3.8) is 0 Å². The summed E-state index contributed by atoms with van der Waals surface area (Å²) in [5.41, 5.74) is 3.89. The molecule has 1 aliphatic rings. The van der Waals surface area contributed by atoms with Gasteiger partial charge in [-0.05, 0) is 70.5 Å². The van der Waals surface area contributed by atoms with E-state index >= 15 is 0 Å². The number of ether oxygens (including phenoxy) is 3. The number of hydrogen-bond donors (Lipinski definition) is 1. The summed E-state index contributed by atoms with van der Waals surface area (Å²) < 4.78 is 16.6. The first-order chi connectivity index (χ1) is 20.4. The Labute approximate surface area is 263 Å². The molecule has 1 aliphatic heterocycles. The van der Waals surface area contributed by atoms with Gasteiger partial charge < -0.3 is 29.3 Å². The lowest BCUT2D eigenvalue weighted by molar-refractivity contribution is 0.0240. The third-order valence-corrected chi connectivity index (χ3v) is 7.61. The van der Waals surface area contributed by atoms with Crippen molar-refractivity contribution in [2.75, 3.05) is 50.1 Å². The van der Waals surface area contributed by atoms with E-state index in [1.54, 1.807) is 44.1 Å². The Morgan fingerprint density at radius 3 is 2.28 bits per heavy atom. The Morgan fingerprint density at radius 2 is 1.67 bits per heavy atom. The molecule has 1 N–H and O–H groups in total. The average molecular weight is 630 g/mol. The van der Waals surface area contributed by atoms with E-state index in [9.17, 15) is 9.59 Å². The van der Waals surface area contributed by atoms with Crippen molar-refractivity contribution in [2.45, 2.75) is 46.6 Å². The first kappa shape index (κ1) is 32.2. The lowest BCUT2D eigenvalue weighted by Gasteiger charge is -2.37. The number of piperazine rings is 1. The Balaban J connectivity index is 1.59. The molecule has 1 aromatic heterocycles. The molecule has 2 aromatic carbocycles. The lowest BCUT2D eigenvalue weighted by atomic mass is 10.0. The quantitative estimate of drug-likeness (QED) is 0.260. The zero-order valence-electron chi connectivity index (χ0n) is 25.4. The molecular weight excluding hydrogens is 591 g/mol. The molecule has 0 radical (unpaired) electrons. The van der Waals surface area contributed by atoms with Gasteiger partial charge in [-0.2, -0.15) is 0 Å². The SMILES string of the molecule is CCOC(=O)c1c(Nc2ccc(N3CCN(C(=O)OC(C)(C)C)CC3)cc2OC)cc(Cc2c(Cl)cccc2Cl)nc1C. The summed E-state index contributed by atoms with van der Waals surface area (Å²) in [7, 11) is 1.60. The molecule has 0 spiro atoms. The van der Waals surface area contributed by atoms with Crippen LogP contribution in [0.4, 0.5) is 21.9 Å². The third kappa shape index (κ3) is 8.03. The standard InChI is InChI=1S/C32H38Cl2N4O5/c1-7-42-30(39)29-20(2)35-21(17-23-24(33)9-8-10-25(23)34)18-27(29)36-26-12-11-22(19-28(26)41-6)37-13-15-38(16-14-37)31(40)43-32(3,4)5/h8-12,18-19H,7,13-17H2,1-6H3,(H,35,36). The molecule has 9 nitrogen and oxygen atoms in total. The van der Waals surface area contributed by atoms with Crippen LogP contribution in [0.3, 0.4) is 0 Å². The number of halogens is 2. The number of esters is 1. The highest BCUT2D eigenvalue weighted by atomic mass is 35.5. The van der Waals surface area contributed by atoms with Gasteiger partial charge >= 0.3 is 12.1 Å². The van der Waals surface area contributed by atoms with E-state index in [0.717, 1.165) is 11.3 Å². The largest absolute Gasteiger partial charge is 0.494 e. The van der Waals surface area contributed by atoms with Gasteiger partial charge in [0.05, 0.1) is 30.8 Å². The molecule has 4 rings (SSSR count). The van der Waals surface area contributed by atoms with Gasteiger partial charge in [0.1, 0.15) is 16.9 Å². The predicted octanol–water partition coefficient (Wildman–Crippen LogP) is 7.27. The fraction of sp³-hybridized carbons (Fsp3) is 0.406. The first-order valence-electron chi connectivity index (χ1n) is 14.2. The maximum atomic E-state index is 13.0. The van der Waals surface area contributed by atoms with Crippen molar-refractivity contribution < 1.29 is 23.8 Å². The molecule has 0 saturated carbocycles. The summed E-state index contributed by atoms with van der Waals surface area (Å²) in [5.74, 6) is 0.114. The highest BCUT2D eigenvalue weighted by Gasteiger charge is 2.27. The van der Waals surface area contributed by atoms with Gasteiger partial charge in [-0.25, -0.2) is 9.59 Å². The van der Waals surface area contributed by atoms with E-state index in [0.29, 0.717) is 76.7 Å². The van der Waals surface area contributed by atoms with Gasteiger partial charge in [0.2, 0.25) is 0 Å². The number of hydrogen-bond acceptors (Lipinski definition) is 8. The minimum absolute atomic E-state index is 0.230. The summed E-state index contributed by atoms with van der Waals surface area (Å²) in [5, 5.41) is 4.47. The summed E-state index contributed by atoms with van der Waals surface area (Å²) in [6.07, 6.45) is 0.0770. The molecule has 1 saturated heterocycles. The number of benzene rings is 2. The number of carbonyl (C=O) groups is 2. The number of pyridine rings is 1. The van der Waals surface area contributed by atoms with Gasteiger partial charge in [0, 0.05) is 60.1 Å². The highest BCUT2D eigenvalue weighted by Crippen LogP contribution is 2.35. The average Bonchev–Trinajstić information content (AvgIpc) is 2.94. The number of aryl methyl sites for hydroxylation is 1. The second-order valence-corrected chi connectivity index (χ2v) is 12.0. The molecular formula is C32H38Cl2N4O5. The molecule has 11 heteroatoms. The minimum atomic E-state index is -0.534. The summed E-state index contributed by atoms with van der Waals surface area (Å²) >= 11 is 12.9. The van der Waals surface area contributed by atoms with E-state index in [1.807, 2.05) is 45.0 Å². The number of aromatic nitrogens is 1. The number of amides is 1. The number of rotatable bonds is 8. The predicted molar refractivity (Wildman–Crippen MR) is 170 cm³/mol. The number of carbonyl (C=O) groups excluding carboxylic acids is 2. The normalized spacial score (nSPS) is 13.5. The minimum Gasteiger partial charge on any atom is -0.494 e. The molecule has 0 unspecified atom stereocenters. The van der Waals surface area contributed by atoms with E-state index in [2.05, 4.69) is 15.2 Å². The monoisotopic (exact) mass is 628 g/mol. The zero-order valence-corrected chi connectivity index (χ0v) is 26.9. The molecule has 1 amide bonds. The van der Waals surface area contributed by atoms with E-state index in [-0.39, 0.29) is 12.7 Å². The van der Waals surface area contributed by atoms with Gasteiger partial charge in [-0.15, -0.1) is 0 Å². The summed E-state index contributed by atoms with van der Waals surface area (Å²) in [4.78, 5) is 34.1. The van der Waals surface area contributed by atoms with Crippen LogP contribution in [-0.4, -0.2) is 67.4 Å². The molecule has 3 aromatic rings. The topological polar surface area (TPSA) is 93.2 Å². The van der Waals surface area contributed by atoms with E-state index in [1.165, 1.54) is 0 Å². The van der Waals surface area contributed by atoms with Crippen LogP contribution in [0.5, 0.6) is 5.75 Å². The molecule has 0 atom stereocenters. The zero-order chi connectivity index (χ0) is 31.3. The van der Waals surface area contributed by atoms with Crippen LogP contribution in [-0.2, 0) is 15.9 Å². The van der Waals surface area contributed by atoms with Crippen molar-refractivity contribution in [1.29, 1.82) is 0 Å². The Kier molecular flexibility index (Phi) is 10.3. The molecule has 0 bridgehead atoms. The molecule has 1 fully saturated rings. The Morgan fingerprint density at radius 1 is 1.00 bits per heavy atom. The van der Waals surface area contributed by atoms with E-state index < -0.39 is 11.6 Å². The molecule has 0 aliphatic carbocycles. The van der Waals surface area contributed by atoms with Crippen molar-refractivity contribution >= 4 is 52.3 Å². The molecule has 2 heterocycles. The van der Waals surface area contributed by atoms with Crippen molar-refractivity contribution in [3.8, 4) is 5.75 Å². The van der Waals surface area contributed by atoms with Crippen LogP contribution >= 0.6 is 23.2 Å². The number of nitrogens with one attached hydrogen (secondary N) is 1. The second-order valence-electron chi connectivity index (χ2n) is 11.2. The fourth-order valence-corrected chi connectivity index (χ4v) is 5.40. The summed E-state index contributed by atoms with van der Waals surface area (Å²) in [6, 6.07) is 13.0. The van der Waals surface area contributed by atoms with Crippen LogP contribution < -0.4 is 15.0 Å². The van der Waals surface area contributed by atoms with Crippen LogP contribution in [0.1, 0.15) is 55.0 Å². The van der Waals surface area contributed by atoms with E-state index in [4.69, 9.17) is 37.4 Å². The molecule has 43 heavy (non-hydrogen) atoms. The smallest absolute Gasteiger partial charge is 0.410 e.